The number of hydrogen-bond acceptors (Lipinski definition) is 6. The summed E-state index contributed by atoms with van der Waals surface area (Å²) >= 11 is 2.71. The van der Waals surface area contributed by atoms with E-state index in [1.165, 1.54) is 29.2 Å². The first kappa shape index (κ1) is 22.4. The molecule has 2 N–H and O–H groups in total. The molecule has 0 atom stereocenters. The predicted molar refractivity (Wildman–Crippen MR) is 123 cm³/mol. The van der Waals surface area contributed by atoms with Crippen molar-refractivity contribution >= 4 is 34.7 Å². The highest BCUT2D eigenvalue weighted by atomic mass is 32.2. The van der Waals surface area contributed by atoms with Crippen LogP contribution in [0.4, 0.5) is 10.1 Å². The van der Waals surface area contributed by atoms with Gasteiger partial charge < -0.3 is 15.4 Å². The van der Waals surface area contributed by atoms with E-state index in [1.807, 2.05) is 23.6 Å². The molecule has 0 aliphatic heterocycles. The fourth-order valence-electron chi connectivity index (χ4n) is 2.64. The summed E-state index contributed by atoms with van der Waals surface area (Å²) in [6, 6.07) is 19.4. The van der Waals surface area contributed by atoms with Crippen molar-refractivity contribution in [2.45, 2.75) is 12.3 Å². The summed E-state index contributed by atoms with van der Waals surface area (Å²) < 4.78 is 19.3. The number of amides is 1. The molecule has 0 saturated heterocycles. The monoisotopic (exact) mass is 453 g/mol. The summed E-state index contributed by atoms with van der Waals surface area (Å²) in [5.41, 5.74) is 1.06. The molecule has 158 valence electrons. The Kier molecular flexibility index (Phi) is 8.10. The molecule has 0 bridgehead atoms. The number of hydrogen-bond donors (Lipinski definition) is 2. The quantitative estimate of drug-likeness (QED) is 0.340. The molecule has 5 nitrogen and oxygen atoms in total. The third kappa shape index (κ3) is 6.35. The fourth-order valence-corrected chi connectivity index (χ4v) is 4.29. The molecule has 8 heteroatoms. The lowest BCUT2D eigenvalue weighted by molar-refractivity contribution is -0.117. The van der Waals surface area contributed by atoms with Crippen molar-refractivity contribution < 1.29 is 13.9 Å². The van der Waals surface area contributed by atoms with Crippen LogP contribution in [0.1, 0.15) is 10.4 Å². The van der Waals surface area contributed by atoms with Gasteiger partial charge in [0.1, 0.15) is 23.2 Å². The van der Waals surface area contributed by atoms with Crippen LogP contribution in [0.25, 0.3) is 0 Å². The summed E-state index contributed by atoms with van der Waals surface area (Å²) in [6.45, 7) is 0.325. The lowest BCUT2D eigenvalue weighted by atomic mass is 10.2. The molecule has 2 aromatic carbocycles. The molecule has 0 spiro atoms. The van der Waals surface area contributed by atoms with E-state index in [0.717, 1.165) is 4.88 Å². The maximum atomic E-state index is 14.1. The number of rotatable bonds is 9. The molecular formula is C23H20FN3O2S2. The summed E-state index contributed by atoms with van der Waals surface area (Å²) in [5, 5.41) is 17.9. The molecule has 0 unspecified atom stereocenters. The van der Waals surface area contributed by atoms with Crippen LogP contribution in [-0.2, 0) is 17.1 Å². The van der Waals surface area contributed by atoms with E-state index in [2.05, 4.69) is 10.6 Å². The van der Waals surface area contributed by atoms with Crippen LogP contribution in [0, 0.1) is 17.1 Å². The molecule has 0 aliphatic carbocycles. The van der Waals surface area contributed by atoms with Gasteiger partial charge in [-0.15, -0.1) is 23.1 Å². The van der Waals surface area contributed by atoms with E-state index in [1.54, 1.807) is 49.6 Å². The SMILES string of the molecule is COc1cccc(N/C(SCc2ccccc2F)=C(/C#N)C(=O)NCc2cccs2)c1. The van der Waals surface area contributed by atoms with Gasteiger partial charge in [0, 0.05) is 22.4 Å². The van der Waals surface area contributed by atoms with E-state index < -0.39 is 5.91 Å². The number of halogens is 1. The number of nitrogens with one attached hydrogen (secondary N) is 2. The van der Waals surface area contributed by atoms with Gasteiger partial charge in [-0.05, 0) is 35.2 Å². The number of benzene rings is 2. The zero-order valence-electron chi connectivity index (χ0n) is 16.7. The minimum absolute atomic E-state index is 0.0688. The van der Waals surface area contributed by atoms with Crippen molar-refractivity contribution in [3.05, 3.63) is 92.9 Å². The van der Waals surface area contributed by atoms with Crippen molar-refractivity contribution in [3.8, 4) is 11.8 Å². The smallest absolute Gasteiger partial charge is 0.264 e. The minimum Gasteiger partial charge on any atom is -0.497 e. The van der Waals surface area contributed by atoms with Crippen LogP contribution >= 0.6 is 23.1 Å². The van der Waals surface area contributed by atoms with Crippen LogP contribution in [-0.4, -0.2) is 13.0 Å². The van der Waals surface area contributed by atoms with Crippen molar-refractivity contribution in [3.63, 3.8) is 0 Å². The van der Waals surface area contributed by atoms with Crippen molar-refractivity contribution in [1.29, 1.82) is 5.26 Å². The van der Waals surface area contributed by atoms with E-state index in [9.17, 15) is 14.4 Å². The molecule has 0 aliphatic rings. The van der Waals surface area contributed by atoms with Gasteiger partial charge in [0.2, 0.25) is 0 Å². The van der Waals surface area contributed by atoms with Crippen molar-refractivity contribution in [2.24, 2.45) is 0 Å². The highest BCUT2D eigenvalue weighted by Crippen LogP contribution is 2.28. The lowest BCUT2D eigenvalue weighted by Crippen LogP contribution is -2.25. The average molecular weight is 454 g/mol. The Balaban J connectivity index is 1.86. The number of carbonyl (C=O) groups is 1. The first-order chi connectivity index (χ1) is 15.1. The third-order valence-electron chi connectivity index (χ3n) is 4.23. The zero-order valence-corrected chi connectivity index (χ0v) is 18.4. The normalized spacial score (nSPS) is 11.3. The number of ether oxygens (including phenoxy) is 1. The Morgan fingerprint density at radius 3 is 2.74 bits per heavy atom. The predicted octanol–water partition coefficient (Wildman–Crippen LogP) is 5.29. The molecule has 1 amide bonds. The third-order valence-corrected chi connectivity index (χ3v) is 6.15. The molecule has 0 fully saturated rings. The van der Waals surface area contributed by atoms with Crippen LogP contribution in [0.2, 0.25) is 0 Å². The first-order valence-electron chi connectivity index (χ1n) is 9.33. The van der Waals surface area contributed by atoms with E-state index in [4.69, 9.17) is 4.74 Å². The van der Waals surface area contributed by atoms with Crippen LogP contribution in [0.5, 0.6) is 5.75 Å². The Bertz CT molecular complexity index is 1110. The summed E-state index contributed by atoms with van der Waals surface area (Å²) in [6.07, 6.45) is 0. The molecular weight excluding hydrogens is 433 g/mol. The van der Waals surface area contributed by atoms with E-state index >= 15 is 0 Å². The minimum atomic E-state index is -0.498. The van der Waals surface area contributed by atoms with Gasteiger partial charge in [-0.25, -0.2) is 4.39 Å². The second kappa shape index (κ2) is 11.2. The number of thiophene rings is 1. The first-order valence-corrected chi connectivity index (χ1v) is 11.2. The Hall–Kier alpha value is -3.28. The average Bonchev–Trinajstić information content (AvgIpc) is 3.31. The highest BCUT2D eigenvalue weighted by Gasteiger charge is 2.18. The van der Waals surface area contributed by atoms with E-state index in [0.29, 0.717) is 28.6 Å². The van der Waals surface area contributed by atoms with E-state index in [-0.39, 0.29) is 17.1 Å². The maximum Gasteiger partial charge on any atom is 0.264 e. The Morgan fingerprint density at radius 1 is 1.19 bits per heavy atom. The van der Waals surface area contributed by atoms with Gasteiger partial charge in [-0.1, -0.05) is 30.3 Å². The largest absolute Gasteiger partial charge is 0.497 e. The Morgan fingerprint density at radius 2 is 2.03 bits per heavy atom. The highest BCUT2D eigenvalue weighted by molar-refractivity contribution is 8.02. The number of methoxy groups -OCH3 is 1. The van der Waals surface area contributed by atoms with Gasteiger partial charge in [0.25, 0.3) is 5.91 Å². The second-order valence-electron chi connectivity index (χ2n) is 6.32. The van der Waals surface area contributed by atoms with Gasteiger partial charge in [0.15, 0.2) is 0 Å². The molecule has 3 rings (SSSR count). The number of thioether (sulfide) groups is 1. The molecule has 1 heterocycles. The van der Waals surface area contributed by atoms with Crippen LogP contribution in [0.15, 0.2) is 76.6 Å². The lowest BCUT2D eigenvalue weighted by Gasteiger charge is -2.14. The number of nitriles is 1. The van der Waals surface area contributed by atoms with Crippen LogP contribution in [0.3, 0.4) is 0 Å². The summed E-state index contributed by atoms with van der Waals surface area (Å²) in [7, 11) is 1.56. The fraction of sp³-hybridized carbons (Fsp3) is 0.130. The van der Waals surface area contributed by atoms with Crippen LogP contribution < -0.4 is 15.4 Å². The zero-order chi connectivity index (χ0) is 22.1. The van der Waals surface area contributed by atoms with Gasteiger partial charge in [-0.2, -0.15) is 5.26 Å². The summed E-state index contributed by atoms with van der Waals surface area (Å²) in [4.78, 5) is 13.7. The number of carbonyl (C=O) groups excluding carboxylic acids is 1. The molecule has 0 radical (unpaired) electrons. The Labute approximate surface area is 188 Å². The van der Waals surface area contributed by atoms with Crippen molar-refractivity contribution in [2.75, 3.05) is 12.4 Å². The summed E-state index contributed by atoms with van der Waals surface area (Å²) in [5.74, 6) is 0.0466. The maximum absolute atomic E-state index is 14.1. The topological polar surface area (TPSA) is 74.1 Å². The molecule has 31 heavy (non-hydrogen) atoms. The molecule has 1 aromatic heterocycles. The van der Waals surface area contributed by atoms with Gasteiger partial charge in [0.05, 0.1) is 18.7 Å². The molecule has 3 aromatic rings. The van der Waals surface area contributed by atoms with Gasteiger partial charge >= 0.3 is 0 Å². The number of nitrogens with zero attached hydrogens (tertiary/aromatic N) is 1. The number of anilines is 1. The standard InChI is InChI=1S/C23H20FN3O2S2/c1-29-18-8-4-7-17(12-18)27-23(31-15-16-6-2-3-10-21(16)24)20(13-25)22(28)26-14-19-9-5-11-30-19/h2-12,27H,14-15H2,1H3,(H,26,28)/b23-20+. The van der Waals surface area contributed by atoms with Gasteiger partial charge in [-0.3, -0.25) is 4.79 Å². The second-order valence-corrected chi connectivity index (χ2v) is 8.33. The van der Waals surface area contributed by atoms with Crippen molar-refractivity contribution in [1.82, 2.24) is 5.32 Å². The molecule has 0 saturated carbocycles.